The van der Waals surface area contributed by atoms with Gasteiger partial charge < -0.3 is 20.5 Å². The molecule has 1 atom stereocenters. The normalized spacial score (nSPS) is 24.4. The summed E-state index contributed by atoms with van der Waals surface area (Å²) in [6, 6.07) is 7.65. The number of nitrogens with one attached hydrogen (secondary N) is 1. The van der Waals surface area contributed by atoms with Crippen LogP contribution in [0.5, 0.6) is 5.75 Å². The molecule has 2 aliphatic rings. The zero-order valence-corrected chi connectivity index (χ0v) is 10.7. The smallest absolute Gasteiger partial charge is 0.240 e. The Morgan fingerprint density at radius 2 is 2.05 bits per heavy atom. The number of carbonyl (C=O) groups excluding carboxylic acids is 1. The Hall–Kier alpha value is -1.59. The number of amides is 1. The number of nitrogens with two attached hydrogens (primary N) is 1. The molecule has 2 heterocycles. The quantitative estimate of drug-likeness (QED) is 0.824. The van der Waals surface area contributed by atoms with Crippen LogP contribution in [0.3, 0.4) is 0 Å². The Morgan fingerprint density at radius 3 is 2.84 bits per heavy atom. The van der Waals surface area contributed by atoms with E-state index >= 15 is 0 Å². The molecule has 0 aliphatic carbocycles. The van der Waals surface area contributed by atoms with Crippen LogP contribution in [0.25, 0.3) is 0 Å². The molecule has 0 saturated carbocycles. The number of hydrogen-bond acceptors (Lipinski definition) is 4. The summed E-state index contributed by atoms with van der Waals surface area (Å²) < 4.78 is 10.8. The monoisotopic (exact) mass is 262 g/mol. The van der Waals surface area contributed by atoms with Crippen molar-refractivity contribution < 1.29 is 14.3 Å². The van der Waals surface area contributed by atoms with Crippen molar-refractivity contribution in [3.8, 4) is 5.75 Å². The summed E-state index contributed by atoms with van der Waals surface area (Å²) in [7, 11) is 0. The average molecular weight is 262 g/mol. The first-order valence-corrected chi connectivity index (χ1v) is 6.58. The maximum atomic E-state index is 12.3. The number of carbonyl (C=O) groups is 1. The summed E-state index contributed by atoms with van der Waals surface area (Å²) in [5.74, 6) is 0.729. The summed E-state index contributed by atoms with van der Waals surface area (Å²) in [4.78, 5) is 12.3. The third-order valence-corrected chi connectivity index (χ3v) is 3.84. The van der Waals surface area contributed by atoms with Crippen molar-refractivity contribution in [1.82, 2.24) is 5.32 Å². The van der Waals surface area contributed by atoms with Crippen molar-refractivity contribution in [2.75, 3.05) is 19.8 Å². The Labute approximate surface area is 112 Å². The third kappa shape index (κ3) is 2.31. The Kier molecular flexibility index (Phi) is 3.16. The first kappa shape index (κ1) is 12.4. The first-order chi connectivity index (χ1) is 9.19. The molecule has 1 aromatic rings. The molecule has 5 nitrogen and oxygen atoms in total. The number of ether oxygens (including phenoxy) is 2. The zero-order chi connectivity index (χ0) is 13.3. The van der Waals surface area contributed by atoms with Crippen LogP contribution in [0.4, 0.5) is 0 Å². The molecule has 1 aromatic carbocycles. The van der Waals surface area contributed by atoms with Gasteiger partial charge in [-0.25, -0.2) is 0 Å². The highest BCUT2D eigenvalue weighted by Crippen LogP contribution is 2.32. The van der Waals surface area contributed by atoms with Gasteiger partial charge in [0.05, 0.1) is 11.6 Å². The van der Waals surface area contributed by atoms with Crippen molar-refractivity contribution in [3.05, 3.63) is 29.8 Å². The molecule has 0 spiro atoms. The van der Waals surface area contributed by atoms with Gasteiger partial charge in [0.15, 0.2) is 0 Å². The van der Waals surface area contributed by atoms with Crippen LogP contribution in [0.15, 0.2) is 24.3 Å². The van der Waals surface area contributed by atoms with Crippen LogP contribution in [0.1, 0.15) is 24.4 Å². The van der Waals surface area contributed by atoms with E-state index in [1.165, 1.54) is 0 Å². The molecule has 3 N–H and O–H groups in total. The number of fused-ring (bicyclic) bond motifs is 1. The SMILES string of the molecule is NC1(C(=O)NC2COc3ccccc32)CCOCC1. The second-order valence-electron chi connectivity index (χ2n) is 5.14. The number of hydrogen-bond donors (Lipinski definition) is 2. The van der Waals surface area contributed by atoms with E-state index in [0.29, 0.717) is 32.7 Å². The minimum Gasteiger partial charge on any atom is -0.491 e. The number of benzene rings is 1. The molecule has 19 heavy (non-hydrogen) atoms. The molecular formula is C14H18N2O3. The summed E-state index contributed by atoms with van der Waals surface area (Å²) in [5, 5.41) is 3.00. The second-order valence-corrected chi connectivity index (χ2v) is 5.14. The molecule has 0 radical (unpaired) electrons. The van der Waals surface area contributed by atoms with E-state index in [9.17, 15) is 4.79 Å². The van der Waals surface area contributed by atoms with Gasteiger partial charge in [0.25, 0.3) is 0 Å². The van der Waals surface area contributed by atoms with Crippen molar-refractivity contribution in [2.45, 2.75) is 24.4 Å². The third-order valence-electron chi connectivity index (χ3n) is 3.84. The zero-order valence-electron chi connectivity index (χ0n) is 10.7. The van der Waals surface area contributed by atoms with E-state index < -0.39 is 5.54 Å². The lowest BCUT2D eigenvalue weighted by Crippen LogP contribution is -2.57. The van der Waals surface area contributed by atoms with E-state index in [-0.39, 0.29) is 11.9 Å². The van der Waals surface area contributed by atoms with E-state index in [1.54, 1.807) is 0 Å². The second kappa shape index (κ2) is 4.83. The lowest BCUT2D eigenvalue weighted by atomic mass is 9.90. The fourth-order valence-corrected chi connectivity index (χ4v) is 2.55. The van der Waals surface area contributed by atoms with Gasteiger partial charge in [-0.1, -0.05) is 18.2 Å². The molecule has 3 rings (SSSR count). The molecule has 2 aliphatic heterocycles. The average Bonchev–Trinajstić information content (AvgIpc) is 2.83. The molecule has 5 heteroatoms. The largest absolute Gasteiger partial charge is 0.491 e. The minimum atomic E-state index is -0.810. The molecule has 102 valence electrons. The van der Waals surface area contributed by atoms with E-state index in [4.69, 9.17) is 15.2 Å². The topological polar surface area (TPSA) is 73.6 Å². The highest BCUT2D eigenvalue weighted by molar-refractivity contribution is 5.86. The van der Waals surface area contributed by atoms with Crippen LogP contribution >= 0.6 is 0 Å². The van der Waals surface area contributed by atoms with Crippen molar-refractivity contribution in [3.63, 3.8) is 0 Å². The standard InChI is InChI=1S/C14H18N2O3/c15-14(5-7-18-8-6-14)13(17)16-11-9-19-12-4-2-1-3-10(11)12/h1-4,11H,5-9,15H2,(H,16,17). The minimum absolute atomic E-state index is 0.105. The predicted octanol–water partition coefficient (Wildman–Crippen LogP) is 0.744. The van der Waals surface area contributed by atoms with Crippen LogP contribution < -0.4 is 15.8 Å². The fourth-order valence-electron chi connectivity index (χ4n) is 2.55. The van der Waals surface area contributed by atoms with Crippen LogP contribution in [0.2, 0.25) is 0 Å². The molecule has 1 saturated heterocycles. The van der Waals surface area contributed by atoms with Gasteiger partial charge in [-0.05, 0) is 18.9 Å². The van der Waals surface area contributed by atoms with Gasteiger partial charge in [0, 0.05) is 18.8 Å². The van der Waals surface area contributed by atoms with Crippen LogP contribution in [0, 0.1) is 0 Å². The highest BCUT2D eigenvalue weighted by atomic mass is 16.5. The van der Waals surface area contributed by atoms with E-state index in [1.807, 2.05) is 24.3 Å². The summed E-state index contributed by atoms with van der Waals surface area (Å²) in [5.41, 5.74) is 6.38. The Balaban J connectivity index is 1.71. The van der Waals surface area contributed by atoms with Crippen LogP contribution in [-0.4, -0.2) is 31.3 Å². The molecular weight excluding hydrogens is 244 g/mol. The van der Waals surface area contributed by atoms with Gasteiger partial charge in [-0.2, -0.15) is 0 Å². The number of rotatable bonds is 2. The van der Waals surface area contributed by atoms with Gasteiger partial charge in [-0.15, -0.1) is 0 Å². The van der Waals surface area contributed by atoms with Crippen molar-refractivity contribution >= 4 is 5.91 Å². The molecule has 1 fully saturated rings. The highest BCUT2D eigenvalue weighted by Gasteiger charge is 2.38. The van der Waals surface area contributed by atoms with Crippen molar-refractivity contribution in [1.29, 1.82) is 0 Å². The van der Waals surface area contributed by atoms with Crippen LogP contribution in [-0.2, 0) is 9.53 Å². The summed E-state index contributed by atoms with van der Waals surface area (Å²) in [6.07, 6.45) is 1.13. The predicted molar refractivity (Wildman–Crippen MR) is 69.8 cm³/mol. The fraction of sp³-hybridized carbons (Fsp3) is 0.500. The lowest BCUT2D eigenvalue weighted by molar-refractivity contribution is -0.130. The van der Waals surface area contributed by atoms with E-state index in [0.717, 1.165) is 11.3 Å². The van der Waals surface area contributed by atoms with E-state index in [2.05, 4.69) is 5.32 Å². The maximum absolute atomic E-state index is 12.3. The number of para-hydroxylation sites is 1. The first-order valence-electron chi connectivity index (χ1n) is 6.58. The van der Waals surface area contributed by atoms with Gasteiger partial charge in [0.1, 0.15) is 12.4 Å². The Bertz CT molecular complexity index is 483. The maximum Gasteiger partial charge on any atom is 0.240 e. The van der Waals surface area contributed by atoms with Gasteiger partial charge >= 0.3 is 0 Å². The van der Waals surface area contributed by atoms with Crippen molar-refractivity contribution in [2.24, 2.45) is 5.73 Å². The lowest BCUT2D eigenvalue weighted by Gasteiger charge is -2.32. The summed E-state index contributed by atoms with van der Waals surface area (Å²) in [6.45, 7) is 1.56. The van der Waals surface area contributed by atoms with Gasteiger partial charge in [-0.3, -0.25) is 4.79 Å². The molecule has 1 unspecified atom stereocenters. The molecule has 1 amide bonds. The molecule has 0 aromatic heterocycles. The summed E-state index contributed by atoms with van der Waals surface area (Å²) >= 11 is 0. The molecule has 0 bridgehead atoms. The van der Waals surface area contributed by atoms with Gasteiger partial charge in [0.2, 0.25) is 5.91 Å². The Morgan fingerprint density at radius 1 is 1.32 bits per heavy atom.